The van der Waals surface area contributed by atoms with Crippen molar-refractivity contribution in [1.82, 2.24) is 9.55 Å². The van der Waals surface area contributed by atoms with Gasteiger partial charge in [0.1, 0.15) is 0 Å². The summed E-state index contributed by atoms with van der Waals surface area (Å²) in [6, 6.07) is 15.8. The Morgan fingerprint density at radius 2 is 1.67 bits per heavy atom. The lowest BCUT2D eigenvalue weighted by Gasteiger charge is -2.13. The van der Waals surface area contributed by atoms with E-state index in [0.717, 1.165) is 27.6 Å². The molecule has 4 aromatic rings. The topological polar surface area (TPSA) is 64.0 Å². The summed E-state index contributed by atoms with van der Waals surface area (Å²) in [5, 5.41) is 6.14. The van der Waals surface area contributed by atoms with E-state index in [2.05, 4.69) is 22.4 Å². The molecule has 0 radical (unpaired) electrons. The van der Waals surface area contributed by atoms with Crippen molar-refractivity contribution in [1.29, 1.82) is 0 Å². The Labute approximate surface area is 179 Å². The van der Waals surface area contributed by atoms with Crippen LogP contribution in [-0.4, -0.2) is 21.2 Å². The lowest BCUT2D eigenvalue weighted by molar-refractivity contribution is -0.113. The number of nitrogens with one attached hydrogen (secondary N) is 1. The Bertz CT molecular complexity index is 1340. The summed E-state index contributed by atoms with van der Waals surface area (Å²) < 4.78 is 1.51. The monoisotopic (exact) mass is 417 g/mol. The second-order valence-corrected chi connectivity index (χ2v) is 8.53. The average molecular weight is 418 g/mol. The Kier molecular flexibility index (Phi) is 5.35. The normalized spacial score (nSPS) is 11.2. The molecule has 152 valence electrons. The summed E-state index contributed by atoms with van der Waals surface area (Å²) >= 11 is 1.26. The van der Waals surface area contributed by atoms with E-state index in [4.69, 9.17) is 0 Å². The fourth-order valence-electron chi connectivity index (χ4n) is 3.75. The van der Waals surface area contributed by atoms with Crippen molar-refractivity contribution in [3.05, 3.63) is 75.6 Å². The van der Waals surface area contributed by atoms with E-state index in [-0.39, 0.29) is 17.2 Å². The van der Waals surface area contributed by atoms with Gasteiger partial charge in [-0.05, 0) is 54.8 Å². The van der Waals surface area contributed by atoms with Crippen molar-refractivity contribution >= 4 is 45.0 Å². The van der Waals surface area contributed by atoms with Crippen molar-refractivity contribution in [3.8, 4) is 0 Å². The van der Waals surface area contributed by atoms with Gasteiger partial charge in [-0.2, -0.15) is 0 Å². The molecule has 6 heteroatoms. The zero-order valence-electron chi connectivity index (χ0n) is 17.4. The number of amides is 1. The van der Waals surface area contributed by atoms with Gasteiger partial charge in [0.25, 0.3) is 5.56 Å². The van der Waals surface area contributed by atoms with Crippen LogP contribution in [0.1, 0.15) is 16.7 Å². The molecule has 0 atom stereocenters. The van der Waals surface area contributed by atoms with E-state index in [9.17, 15) is 9.59 Å². The molecule has 0 spiro atoms. The van der Waals surface area contributed by atoms with Crippen LogP contribution in [0.15, 0.2) is 58.5 Å². The first-order valence-corrected chi connectivity index (χ1v) is 10.7. The number of rotatable bonds is 4. The van der Waals surface area contributed by atoms with Crippen LogP contribution in [0, 0.1) is 20.8 Å². The molecule has 4 rings (SSSR count). The zero-order chi connectivity index (χ0) is 21.4. The number of benzene rings is 3. The van der Waals surface area contributed by atoms with Crippen molar-refractivity contribution in [2.24, 2.45) is 7.05 Å². The van der Waals surface area contributed by atoms with Gasteiger partial charge < -0.3 is 5.32 Å². The highest BCUT2D eigenvalue weighted by molar-refractivity contribution is 7.99. The van der Waals surface area contributed by atoms with E-state index in [1.54, 1.807) is 7.05 Å². The number of carbonyl (C=O) groups excluding carboxylic acids is 1. The van der Waals surface area contributed by atoms with Crippen LogP contribution in [0.3, 0.4) is 0 Å². The van der Waals surface area contributed by atoms with Crippen LogP contribution in [0.5, 0.6) is 0 Å². The van der Waals surface area contributed by atoms with E-state index in [1.165, 1.54) is 21.9 Å². The van der Waals surface area contributed by atoms with Crippen molar-refractivity contribution in [3.63, 3.8) is 0 Å². The maximum absolute atomic E-state index is 12.9. The van der Waals surface area contributed by atoms with E-state index in [1.807, 2.05) is 57.2 Å². The van der Waals surface area contributed by atoms with E-state index < -0.39 is 0 Å². The standard InChI is InChI=1S/C24H23N3O2S/c1-14-9-15(2)22(16(3)10-14)26-21(28)13-30-24-25-20-12-18-8-6-5-7-17(18)11-19(20)23(29)27(24)4/h5-12H,13H2,1-4H3,(H,26,28). The number of hydrogen-bond donors (Lipinski definition) is 1. The molecule has 0 saturated heterocycles. The summed E-state index contributed by atoms with van der Waals surface area (Å²) in [7, 11) is 1.69. The van der Waals surface area contributed by atoms with Crippen LogP contribution < -0.4 is 10.9 Å². The smallest absolute Gasteiger partial charge is 0.261 e. The van der Waals surface area contributed by atoms with E-state index in [0.29, 0.717) is 16.1 Å². The first kappa shape index (κ1) is 20.2. The number of aryl methyl sites for hydroxylation is 3. The molecule has 0 bridgehead atoms. The van der Waals surface area contributed by atoms with Crippen LogP contribution in [0.25, 0.3) is 21.7 Å². The summed E-state index contributed by atoms with van der Waals surface area (Å²) in [6.45, 7) is 6.01. The molecule has 5 nitrogen and oxygen atoms in total. The minimum atomic E-state index is -0.122. The van der Waals surface area contributed by atoms with Crippen molar-refractivity contribution in [2.75, 3.05) is 11.1 Å². The third kappa shape index (κ3) is 3.83. The van der Waals surface area contributed by atoms with Gasteiger partial charge in [0, 0.05) is 12.7 Å². The number of fused-ring (bicyclic) bond motifs is 2. The predicted molar refractivity (Wildman–Crippen MR) is 124 cm³/mol. The highest BCUT2D eigenvalue weighted by Crippen LogP contribution is 2.24. The Hall–Kier alpha value is -3.12. The third-order valence-corrected chi connectivity index (χ3v) is 6.21. The first-order valence-electron chi connectivity index (χ1n) is 9.73. The van der Waals surface area contributed by atoms with Gasteiger partial charge in [0.05, 0.1) is 16.7 Å². The third-order valence-electron chi connectivity index (χ3n) is 5.18. The van der Waals surface area contributed by atoms with Gasteiger partial charge in [-0.25, -0.2) is 4.98 Å². The van der Waals surface area contributed by atoms with Gasteiger partial charge in [-0.15, -0.1) is 0 Å². The number of nitrogens with zero attached hydrogens (tertiary/aromatic N) is 2. The average Bonchev–Trinajstić information content (AvgIpc) is 2.71. The molecule has 30 heavy (non-hydrogen) atoms. The molecule has 1 aromatic heterocycles. The van der Waals surface area contributed by atoms with Crippen LogP contribution in [-0.2, 0) is 11.8 Å². The highest BCUT2D eigenvalue weighted by atomic mass is 32.2. The SMILES string of the molecule is Cc1cc(C)c(NC(=O)CSc2nc3cc4ccccc4cc3c(=O)n2C)c(C)c1. The van der Waals surface area contributed by atoms with Crippen molar-refractivity contribution < 1.29 is 4.79 Å². The van der Waals surface area contributed by atoms with Gasteiger partial charge >= 0.3 is 0 Å². The highest BCUT2D eigenvalue weighted by Gasteiger charge is 2.13. The summed E-state index contributed by atoms with van der Waals surface area (Å²) in [5.41, 5.74) is 4.62. The maximum atomic E-state index is 12.9. The number of carbonyl (C=O) groups is 1. The largest absolute Gasteiger partial charge is 0.325 e. The molecule has 1 N–H and O–H groups in total. The second-order valence-electron chi connectivity index (χ2n) is 7.59. The number of aromatic nitrogens is 2. The number of anilines is 1. The van der Waals surface area contributed by atoms with Gasteiger partial charge in [0.15, 0.2) is 5.16 Å². The summed E-state index contributed by atoms with van der Waals surface area (Å²) in [4.78, 5) is 30.1. The zero-order valence-corrected chi connectivity index (χ0v) is 18.3. The molecule has 0 saturated carbocycles. The molecular weight excluding hydrogens is 394 g/mol. The molecular formula is C24H23N3O2S. The lowest BCUT2D eigenvalue weighted by Crippen LogP contribution is -2.21. The van der Waals surface area contributed by atoms with Crippen LogP contribution >= 0.6 is 11.8 Å². The van der Waals surface area contributed by atoms with Crippen LogP contribution in [0.4, 0.5) is 5.69 Å². The number of thioether (sulfide) groups is 1. The van der Waals surface area contributed by atoms with Gasteiger partial charge in [0.2, 0.25) is 5.91 Å². The van der Waals surface area contributed by atoms with Crippen molar-refractivity contribution in [2.45, 2.75) is 25.9 Å². The molecule has 1 heterocycles. The number of hydrogen-bond acceptors (Lipinski definition) is 4. The maximum Gasteiger partial charge on any atom is 0.261 e. The minimum Gasteiger partial charge on any atom is -0.325 e. The summed E-state index contributed by atoms with van der Waals surface area (Å²) in [5.74, 6) is 0.0504. The second kappa shape index (κ2) is 7.95. The van der Waals surface area contributed by atoms with Crippen LogP contribution in [0.2, 0.25) is 0 Å². The molecule has 0 fully saturated rings. The first-order chi connectivity index (χ1) is 14.3. The quantitative estimate of drug-likeness (QED) is 0.296. The molecule has 1 amide bonds. The fraction of sp³-hybridized carbons (Fsp3) is 0.208. The molecule has 0 aliphatic rings. The molecule has 0 aliphatic carbocycles. The Balaban J connectivity index is 1.59. The molecule has 0 unspecified atom stereocenters. The molecule has 3 aromatic carbocycles. The lowest BCUT2D eigenvalue weighted by atomic mass is 10.1. The molecule has 0 aliphatic heterocycles. The Morgan fingerprint density at radius 3 is 2.33 bits per heavy atom. The van der Waals surface area contributed by atoms with Gasteiger partial charge in [-0.3, -0.25) is 14.2 Å². The fourth-order valence-corrected chi connectivity index (χ4v) is 4.52. The van der Waals surface area contributed by atoms with E-state index >= 15 is 0 Å². The Morgan fingerprint density at radius 1 is 1.03 bits per heavy atom. The predicted octanol–water partition coefficient (Wildman–Crippen LogP) is 4.74. The minimum absolute atomic E-state index is 0.112. The summed E-state index contributed by atoms with van der Waals surface area (Å²) in [6.07, 6.45) is 0. The van der Waals surface area contributed by atoms with Gasteiger partial charge in [-0.1, -0.05) is 53.7 Å².